The van der Waals surface area contributed by atoms with Crippen LogP contribution in [0.1, 0.15) is 43.7 Å². The minimum absolute atomic E-state index is 0.155. The monoisotopic (exact) mass is 297 g/mol. The van der Waals surface area contributed by atoms with Crippen molar-refractivity contribution in [2.75, 3.05) is 6.54 Å². The molecular formula is C20H27NO. The average Bonchev–Trinajstić information content (AvgIpc) is 2.53. The van der Waals surface area contributed by atoms with E-state index < -0.39 is 0 Å². The van der Waals surface area contributed by atoms with E-state index in [1.165, 1.54) is 12.8 Å². The first-order valence-electron chi connectivity index (χ1n) is 8.37. The van der Waals surface area contributed by atoms with Gasteiger partial charge in [-0.2, -0.15) is 0 Å². The Balaban J connectivity index is 2.05. The topological polar surface area (TPSA) is 23.1 Å². The van der Waals surface area contributed by atoms with Crippen LogP contribution >= 0.6 is 0 Å². The first kappa shape index (κ1) is 16.7. The number of quaternary nitrogens is 1. The lowest BCUT2D eigenvalue weighted by Crippen LogP contribution is -2.41. The smallest absolute Gasteiger partial charge is 0.104 e. The van der Waals surface area contributed by atoms with Gasteiger partial charge in [-0.05, 0) is 12.8 Å². The number of hydroxylamine groups is 3. The van der Waals surface area contributed by atoms with Gasteiger partial charge in [-0.3, -0.25) is 0 Å². The van der Waals surface area contributed by atoms with Crippen molar-refractivity contribution in [1.82, 2.24) is 0 Å². The number of hydrogen-bond acceptors (Lipinski definition) is 1. The molecule has 0 atom stereocenters. The Morgan fingerprint density at radius 2 is 1.23 bits per heavy atom. The molecule has 0 unspecified atom stereocenters. The standard InChI is InChI=1S/C20H27NO/c1-2-3-4-11-16-21(22,17-19-12-7-5-8-13-19)18-20-14-9-6-10-15-20/h5-10,12-15H,2-4,11,16-18H2,1H3. The molecule has 0 radical (unpaired) electrons. The first-order valence-corrected chi connectivity index (χ1v) is 8.37. The number of unbranched alkanes of at least 4 members (excludes halogenated alkanes) is 3. The van der Waals surface area contributed by atoms with Crippen LogP contribution in [0.15, 0.2) is 60.7 Å². The molecule has 2 heteroatoms. The van der Waals surface area contributed by atoms with Gasteiger partial charge in [-0.1, -0.05) is 80.4 Å². The van der Waals surface area contributed by atoms with Gasteiger partial charge >= 0.3 is 0 Å². The molecule has 2 aromatic rings. The summed E-state index contributed by atoms with van der Waals surface area (Å²) in [5.41, 5.74) is 2.26. The van der Waals surface area contributed by atoms with Gasteiger partial charge < -0.3 is 9.85 Å². The second-order valence-electron chi connectivity index (χ2n) is 6.13. The van der Waals surface area contributed by atoms with Crippen LogP contribution in [0, 0.1) is 5.21 Å². The average molecular weight is 297 g/mol. The van der Waals surface area contributed by atoms with Crippen LogP contribution in [0.2, 0.25) is 0 Å². The fourth-order valence-electron chi connectivity index (χ4n) is 2.87. The van der Waals surface area contributed by atoms with Crippen LogP contribution in [-0.2, 0) is 13.1 Å². The van der Waals surface area contributed by atoms with Gasteiger partial charge in [0.2, 0.25) is 0 Å². The van der Waals surface area contributed by atoms with Gasteiger partial charge in [-0.15, -0.1) is 0 Å². The molecule has 0 fully saturated rings. The summed E-state index contributed by atoms with van der Waals surface area (Å²) in [6.07, 6.45) is 4.59. The molecule has 0 heterocycles. The van der Waals surface area contributed by atoms with Crippen molar-refractivity contribution in [3.8, 4) is 0 Å². The summed E-state index contributed by atoms with van der Waals surface area (Å²) in [5.74, 6) is 0. The molecule has 0 saturated carbocycles. The van der Waals surface area contributed by atoms with Crippen molar-refractivity contribution >= 4 is 0 Å². The third kappa shape index (κ3) is 5.63. The zero-order valence-electron chi connectivity index (χ0n) is 13.6. The maximum Gasteiger partial charge on any atom is 0.104 e. The Bertz CT molecular complexity index is 482. The normalized spacial score (nSPS) is 11.5. The summed E-state index contributed by atoms with van der Waals surface area (Å²) in [4.78, 5) is 0. The predicted octanol–water partition coefficient (Wildman–Crippen LogP) is 5.28. The van der Waals surface area contributed by atoms with Crippen molar-refractivity contribution in [2.45, 2.75) is 45.7 Å². The Labute approximate surface area is 134 Å². The van der Waals surface area contributed by atoms with Crippen LogP contribution in [0.4, 0.5) is 0 Å². The molecule has 22 heavy (non-hydrogen) atoms. The highest BCUT2D eigenvalue weighted by molar-refractivity contribution is 5.15. The highest BCUT2D eigenvalue weighted by Gasteiger charge is 2.18. The molecule has 0 bridgehead atoms. The number of nitrogens with zero attached hydrogens (tertiary/aromatic N) is 1. The fourth-order valence-corrected chi connectivity index (χ4v) is 2.87. The van der Waals surface area contributed by atoms with Crippen LogP contribution in [-0.4, -0.2) is 11.2 Å². The summed E-state index contributed by atoms with van der Waals surface area (Å²) in [6, 6.07) is 20.3. The molecular weight excluding hydrogens is 270 g/mol. The minimum Gasteiger partial charge on any atom is -0.632 e. The number of rotatable bonds is 9. The summed E-state index contributed by atoms with van der Waals surface area (Å²) in [6.45, 7) is 4.01. The van der Waals surface area contributed by atoms with Crippen molar-refractivity contribution in [2.24, 2.45) is 0 Å². The molecule has 0 N–H and O–H groups in total. The van der Waals surface area contributed by atoms with E-state index in [1.54, 1.807) is 0 Å². The highest BCUT2D eigenvalue weighted by atomic mass is 16.5. The molecule has 0 amide bonds. The van der Waals surface area contributed by atoms with Crippen LogP contribution in [0.3, 0.4) is 0 Å². The second kappa shape index (κ2) is 8.72. The molecule has 118 valence electrons. The van der Waals surface area contributed by atoms with Crippen LogP contribution in [0.5, 0.6) is 0 Å². The molecule has 0 saturated heterocycles. The van der Waals surface area contributed by atoms with Gasteiger partial charge in [0, 0.05) is 11.1 Å². The van der Waals surface area contributed by atoms with Gasteiger partial charge in [0.15, 0.2) is 0 Å². The Morgan fingerprint density at radius 3 is 1.68 bits per heavy atom. The summed E-state index contributed by atoms with van der Waals surface area (Å²) in [5, 5.41) is 13.3. The van der Waals surface area contributed by atoms with Crippen molar-refractivity contribution < 1.29 is 4.65 Å². The van der Waals surface area contributed by atoms with Gasteiger partial charge in [0.05, 0.1) is 6.54 Å². The predicted molar refractivity (Wildman–Crippen MR) is 92.9 cm³/mol. The van der Waals surface area contributed by atoms with Crippen molar-refractivity contribution in [3.63, 3.8) is 0 Å². The SMILES string of the molecule is CCCCCC[N+]([O-])(Cc1ccccc1)Cc1ccccc1. The van der Waals surface area contributed by atoms with Crippen molar-refractivity contribution in [1.29, 1.82) is 0 Å². The van der Waals surface area contributed by atoms with E-state index in [1.807, 2.05) is 36.4 Å². The maximum absolute atomic E-state index is 13.3. The van der Waals surface area contributed by atoms with E-state index in [9.17, 15) is 5.21 Å². The largest absolute Gasteiger partial charge is 0.632 e. The van der Waals surface area contributed by atoms with E-state index >= 15 is 0 Å². The van der Waals surface area contributed by atoms with E-state index in [0.29, 0.717) is 19.6 Å². The first-order chi connectivity index (χ1) is 10.7. The number of hydrogen-bond donors (Lipinski definition) is 0. The molecule has 0 aliphatic rings. The van der Waals surface area contributed by atoms with Gasteiger partial charge in [0.1, 0.15) is 13.1 Å². The van der Waals surface area contributed by atoms with E-state index in [4.69, 9.17) is 0 Å². The van der Waals surface area contributed by atoms with E-state index in [0.717, 1.165) is 24.0 Å². The Morgan fingerprint density at radius 1 is 0.727 bits per heavy atom. The zero-order chi connectivity index (χ0) is 15.7. The third-order valence-corrected chi connectivity index (χ3v) is 4.05. The molecule has 2 rings (SSSR count). The summed E-state index contributed by atoms with van der Waals surface area (Å²) in [7, 11) is 0. The Hall–Kier alpha value is -1.64. The molecule has 2 nitrogen and oxygen atoms in total. The van der Waals surface area contributed by atoms with Crippen LogP contribution in [0.25, 0.3) is 0 Å². The molecule has 0 aliphatic heterocycles. The quantitative estimate of drug-likeness (QED) is 0.351. The second-order valence-corrected chi connectivity index (χ2v) is 6.13. The lowest BCUT2D eigenvalue weighted by atomic mass is 10.1. The van der Waals surface area contributed by atoms with Crippen molar-refractivity contribution in [3.05, 3.63) is 77.0 Å². The van der Waals surface area contributed by atoms with E-state index in [-0.39, 0.29) is 4.65 Å². The minimum atomic E-state index is -0.155. The van der Waals surface area contributed by atoms with E-state index in [2.05, 4.69) is 31.2 Å². The van der Waals surface area contributed by atoms with Gasteiger partial charge in [0.25, 0.3) is 0 Å². The number of benzene rings is 2. The molecule has 0 aliphatic carbocycles. The maximum atomic E-state index is 13.3. The molecule has 2 aromatic carbocycles. The summed E-state index contributed by atoms with van der Waals surface area (Å²) >= 11 is 0. The molecule has 0 spiro atoms. The van der Waals surface area contributed by atoms with Gasteiger partial charge in [-0.25, -0.2) is 0 Å². The Kier molecular flexibility index (Phi) is 6.63. The highest BCUT2D eigenvalue weighted by Crippen LogP contribution is 2.20. The van der Waals surface area contributed by atoms with Crippen LogP contribution < -0.4 is 0 Å². The lowest BCUT2D eigenvalue weighted by molar-refractivity contribution is -0.907. The molecule has 0 aromatic heterocycles. The third-order valence-electron chi connectivity index (χ3n) is 4.05. The summed E-state index contributed by atoms with van der Waals surface area (Å²) < 4.78 is -0.155. The fraction of sp³-hybridized carbons (Fsp3) is 0.400. The zero-order valence-corrected chi connectivity index (χ0v) is 13.6. The lowest BCUT2D eigenvalue weighted by Gasteiger charge is -2.43.